The van der Waals surface area contributed by atoms with Gasteiger partial charge in [0.2, 0.25) is 0 Å². The van der Waals surface area contributed by atoms with Crippen molar-refractivity contribution in [3.8, 4) is 0 Å². The number of carbonyl (C=O) groups is 2. The van der Waals surface area contributed by atoms with Crippen LogP contribution in [0.25, 0.3) is 0 Å². The highest BCUT2D eigenvalue weighted by atomic mass is 32.2. The van der Waals surface area contributed by atoms with Crippen molar-refractivity contribution in [2.45, 2.75) is 25.3 Å². The molecule has 8 nitrogen and oxygen atoms in total. The van der Waals surface area contributed by atoms with Crippen LogP contribution in [-0.2, 0) is 32.5 Å². The third-order valence-electron chi connectivity index (χ3n) is 5.56. The van der Waals surface area contributed by atoms with Gasteiger partial charge in [-0.1, -0.05) is 60.7 Å². The van der Waals surface area contributed by atoms with Crippen LogP contribution in [0.1, 0.15) is 11.1 Å². The molecule has 0 saturated carbocycles. The molecular formula is C22H24N2O6S. The molecule has 4 rings (SSSR count). The third kappa shape index (κ3) is 4.99. The lowest BCUT2D eigenvalue weighted by atomic mass is 10.1. The van der Waals surface area contributed by atoms with Gasteiger partial charge in [0, 0.05) is 13.1 Å². The fourth-order valence-electron chi connectivity index (χ4n) is 4.01. The maximum atomic E-state index is 12.7. The standard InChI is InChI=1S/C22H24N2O6S/c25-21(29-13-17-7-3-1-4-8-17)23-11-12-24(20-16-31(27,28)15-19(20)23)22(26)30-14-18-9-5-2-6-10-18/h1-10,19-20H,11-16H2/t19-,20+. The summed E-state index contributed by atoms with van der Waals surface area (Å²) in [4.78, 5) is 28.2. The Morgan fingerprint density at radius 1 is 0.742 bits per heavy atom. The van der Waals surface area contributed by atoms with Gasteiger partial charge in [0.1, 0.15) is 13.2 Å². The molecule has 9 heteroatoms. The highest BCUT2D eigenvalue weighted by Crippen LogP contribution is 2.28. The molecule has 0 bridgehead atoms. The van der Waals surface area contributed by atoms with E-state index in [9.17, 15) is 18.0 Å². The van der Waals surface area contributed by atoms with Crippen molar-refractivity contribution in [3.63, 3.8) is 0 Å². The molecule has 2 aromatic carbocycles. The monoisotopic (exact) mass is 444 g/mol. The number of amides is 2. The first kappa shape index (κ1) is 21.2. The zero-order valence-corrected chi connectivity index (χ0v) is 17.7. The second kappa shape index (κ2) is 8.97. The van der Waals surface area contributed by atoms with Crippen molar-refractivity contribution >= 4 is 22.0 Å². The van der Waals surface area contributed by atoms with E-state index in [4.69, 9.17) is 9.47 Å². The zero-order chi connectivity index (χ0) is 21.8. The lowest BCUT2D eigenvalue weighted by Crippen LogP contribution is -2.62. The molecule has 2 aliphatic heterocycles. The first-order valence-electron chi connectivity index (χ1n) is 10.1. The zero-order valence-electron chi connectivity index (χ0n) is 16.9. The highest BCUT2D eigenvalue weighted by Gasteiger charge is 2.50. The number of carbonyl (C=O) groups excluding carboxylic acids is 2. The Bertz CT molecular complexity index is 951. The fourth-order valence-corrected chi connectivity index (χ4v) is 5.99. The maximum absolute atomic E-state index is 12.7. The summed E-state index contributed by atoms with van der Waals surface area (Å²) in [7, 11) is -3.39. The van der Waals surface area contributed by atoms with Crippen molar-refractivity contribution in [3.05, 3.63) is 71.8 Å². The molecule has 2 aromatic rings. The summed E-state index contributed by atoms with van der Waals surface area (Å²) in [5.74, 6) is -0.388. The molecular weight excluding hydrogens is 420 g/mol. The second-order valence-electron chi connectivity index (χ2n) is 7.68. The van der Waals surface area contributed by atoms with E-state index in [1.165, 1.54) is 9.80 Å². The summed E-state index contributed by atoms with van der Waals surface area (Å²) < 4.78 is 35.5. The first-order valence-corrected chi connectivity index (χ1v) is 11.9. The number of piperazine rings is 1. The molecule has 0 radical (unpaired) electrons. The van der Waals surface area contributed by atoms with E-state index < -0.39 is 34.1 Å². The average molecular weight is 445 g/mol. The van der Waals surface area contributed by atoms with Gasteiger partial charge in [-0.15, -0.1) is 0 Å². The van der Waals surface area contributed by atoms with Crippen molar-refractivity contribution in [2.24, 2.45) is 0 Å². The van der Waals surface area contributed by atoms with Crippen LogP contribution in [0.4, 0.5) is 9.59 Å². The molecule has 164 valence electrons. The van der Waals surface area contributed by atoms with E-state index in [-0.39, 0.29) is 37.8 Å². The van der Waals surface area contributed by atoms with E-state index in [2.05, 4.69) is 0 Å². The topological polar surface area (TPSA) is 93.2 Å². The van der Waals surface area contributed by atoms with Crippen molar-refractivity contribution < 1.29 is 27.5 Å². The van der Waals surface area contributed by atoms with Gasteiger partial charge in [0.05, 0.1) is 23.6 Å². The van der Waals surface area contributed by atoms with Gasteiger partial charge in [-0.3, -0.25) is 0 Å². The normalized spacial score (nSPS) is 21.9. The van der Waals surface area contributed by atoms with Crippen LogP contribution in [0.15, 0.2) is 60.7 Å². The highest BCUT2D eigenvalue weighted by molar-refractivity contribution is 7.91. The molecule has 0 aliphatic carbocycles. The van der Waals surface area contributed by atoms with Gasteiger partial charge in [-0.05, 0) is 11.1 Å². The number of nitrogens with zero attached hydrogens (tertiary/aromatic N) is 2. The third-order valence-corrected chi connectivity index (χ3v) is 7.25. The quantitative estimate of drug-likeness (QED) is 0.719. The van der Waals surface area contributed by atoms with E-state index in [1.807, 2.05) is 60.7 Å². The summed E-state index contributed by atoms with van der Waals surface area (Å²) in [5, 5.41) is 0. The summed E-state index contributed by atoms with van der Waals surface area (Å²) >= 11 is 0. The SMILES string of the molecule is O=C(OCc1ccccc1)N1CCN(C(=O)OCc2ccccc2)[C@H]2CS(=O)(=O)C[C@H]21. The van der Waals surface area contributed by atoms with E-state index in [0.29, 0.717) is 0 Å². The Hall–Kier alpha value is -3.07. The van der Waals surface area contributed by atoms with Gasteiger partial charge < -0.3 is 19.3 Å². The predicted molar refractivity (Wildman–Crippen MR) is 113 cm³/mol. The molecule has 2 saturated heterocycles. The van der Waals surface area contributed by atoms with Crippen molar-refractivity contribution in [1.29, 1.82) is 0 Å². The van der Waals surface area contributed by atoms with Crippen molar-refractivity contribution in [2.75, 3.05) is 24.6 Å². The van der Waals surface area contributed by atoms with Crippen LogP contribution in [0.2, 0.25) is 0 Å². The number of ether oxygens (including phenoxy) is 2. The molecule has 2 fully saturated rings. The molecule has 2 atom stereocenters. The molecule has 0 N–H and O–H groups in total. The smallest absolute Gasteiger partial charge is 0.410 e. The van der Waals surface area contributed by atoms with Crippen LogP contribution >= 0.6 is 0 Å². The Morgan fingerprint density at radius 2 is 1.13 bits per heavy atom. The van der Waals surface area contributed by atoms with Gasteiger partial charge in [0.15, 0.2) is 9.84 Å². The molecule has 2 heterocycles. The number of benzene rings is 2. The van der Waals surface area contributed by atoms with Crippen LogP contribution in [0.3, 0.4) is 0 Å². The van der Waals surface area contributed by atoms with E-state index in [1.54, 1.807) is 0 Å². The van der Waals surface area contributed by atoms with Crippen LogP contribution in [-0.4, -0.2) is 67.1 Å². The Kier molecular flexibility index (Phi) is 6.13. The first-order chi connectivity index (χ1) is 14.9. The lowest BCUT2D eigenvalue weighted by Gasteiger charge is -2.42. The molecule has 31 heavy (non-hydrogen) atoms. The second-order valence-corrected chi connectivity index (χ2v) is 9.83. The number of sulfone groups is 1. The van der Waals surface area contributed by atoms with Crippen LogP contribution < -0.4 is 0 Å². The maximum Gasteiger partial charge on any atom is 0.410 e. The van der Waals surface area contributed by atoms with Gasteiger partial charge >= 0.3 is 12.2 Å². The summed E-state index contributed by atoms with van der Waals surface area (Å²) in [6.07, 6.45) is -1.15. The minimum absolute atomic E-state index is 0.100. The molecule has 0 aromatic heterocycles. The number of fused-ring (bicyclic) bond motifs is 1. The number of hydrogen-bond acceptors (Lipinski definition) is 6. The Balaban J connectivity index is 1.42. The fraction of sp³-hybridized carbons (Fsp3) is 0.364. The largest absolute Gasteiger partial charge is 0.445 e. The minimum atomic E-state index is -3.39. The van der Waals surface area contributed by atoms with Crippen LogP contribution in [0, 0.1) is 0 Å². The predicted octanol–water partition coefficient (Wildman–Crippen LogP) is 2.44. The minimum Gasteiger partial charge on any atom is -0.445 e. The Labute approximate surface area is 181 Å². The Morgan fingerprint density at radius 3 is 1.52 bits per heavy atom. The lowest BCUT2D eigenvalue weighted by molar-refractivity contribution is 0.0180. The van der Waals surface area contributed by atoms with Gasteiger partial charge in [-0.25, -0.2) is 18.0 Å². The molecule has 0 unspecified atom stereocenters. The van der Waals surface area contributed by atoms with Crippen LogP contribution in [0.5, 0.6) is 0 Å². The summed E-state index contributed by atoms with van der Waals surface area (Å²) in [5.41, 5.74) is 1.68. The number of rotatable bonds is 4. The van der Waals surface area contributed by atoms with Gasteiger partial charge in [0.25, 0.3) is 0 Å². The van der Waals surface area contributed by atoms with E-state index >= 15 is 0 Å². The summed E-state index contributed by atoms with van der Waals surface area (Å²) in [6, 6.07) is 17.2. The van der Waals surface area contributed by atoms with Crippen molar-refractivity contribution in [1.82, 2.24) is 9.80 Å². The molecule has 0 spiro atoms. The number of hydrogen-bond donors (Lipinski definition) is 0. The van der Waals surface area contributed by atoms with E-state index in [0.717, 1.165) is 11.1 Å². The average Bonchev–Trinajstić information content (AvgIpc) is 3.11. The van der Waals surface area contributed by atoms with Gasteiger partial charge in [-0.2, -0.15) is 0 Å². The molecule has 2 aliphatic rings. The summed E-state index contributed by atoms with van der Waals surface area (Å²) in [6.45, 7) is 0.571. The molecule has 2 amide bonds.